The number of hydrogen-bond donors (Lipinski definition) is 3. The van der Waals surface area contributed by atoms with E-state index in [1.807, 2.05) is 37.6 Å². The molecule has 2 atom stereocenters. The van der Waals surface area contributed by atoms with Crippen molar-refractivity contribution >= 4 is 35.5 Å². The van der Waals surface area contributed by atoms with E-state index in [4.69, 9.17) is 4.98 Å². The third-order valence-corrected chi connectivity index (χ3v) is 7.82. The van der Waals surface area contributed by atoms with Crippen molar-refractivity contribution in [2.75, 3.05) is 31.5 Å². The van der Waals surface area contributed by atoms with Crippen LogP contribution in [0.2, 0.25) is 0 Å². The van der Waals surface area contributed by atoms with E-state index >= 15 is 0 Å². The summed E-state index contributed by atoms with van der Waals surface area (Å²) in [5.41, 5.74) is 3.66. The SMILES string of the molecule is Cl.Cn1cc(-c2cccc(-c3ncc(-c4nnc(C(=O)N5CCC(O)C5)s4)c(NC4CCCNC4)n3)c2)cn1. The van der Waals surface area contributed by atoms with Crippen LogP contribution in [0.25, 0.3) is 33.1 Å². The summed E-state index contributed by atoms with van der Waals surface area (Å²) in [4.78, 5) is 24.1. The monoisotopic (exact) mass is 567 g/mol. The van der Waals surface area contributed by atoms with Gasteiger partial charge in [-0.3, -0.25) is 9.48 Å². The number of hydrogen-bond acceptors (Lipinski definition) is 10. The number of piperidine rings is 1. The second-order valence-corrected chi connectivity index (χ2v) is 10.7. The molecule has 0 saturated carbocycles. The number of benzene rings is 1. The molecular formula is C26H30ClN9O2S. The molecule has 2 aliphatic heterocycles. The van der Waals surface area contributed by atoms with E-state index in [0.29, 0.717) is 46.7 Å². The smallest absolute Gasteiger partial charge is 0.284 e. The normalized spacial score (nSPS) is 19.1. The molecule has 2 unspecified atom stereocenters. The zero-order valence-electron chi connectivity index (χ0n) is 21.4. The molecule has 13 heteroatoms. The van der Waals surface area contributed by atoms with Crippen LogP contribution in [-0.4, -0.2) is 84.2 Å². The van der Waals surface area contributed by atoms with Gasteiger partial charge in [-0.05, 0) is 37.4 Å². The molecule has 11 nitrogen and oxygen atoms in total. The van der Waals surface area contributed by atoms with Crippen LogP contribution >= 0.6 is 23.7 Å². The zero-order valence-corrected chi connectivity index (χ0v) is 23.1. The minimum absolute atomic E-state index is 0. The lowest BCUT2D eigenvalue weighted by molar-refractivity contribution is 0.0763. The number of aliphatic hydroxyl groups is 1. The van der Waals surface area contributed by atoms with Crippen LogP contribution < -0.4 is 10.6 Å². The molecule has 0 spiro atoms. The maximum Gasteiger partial charge on any atom is 0.284 e. The van der Waals surface area contributed by atoms with E-state index in [0.717, 1.165) is 42.6 Å². The molecule has 1 aromatic carbocycles. The van der Waals surface area contributed by atoms with Crippen molar-refractivity contribution in [2.24, 2.45) is 7.05 Å². The van der Waals surface area contributed by atoms with Gasteiger partial charge in [0.25, 0.3) is 5.91 Å². The van der Waals surface area contributed by atoms with E-state index in [2.05, 4.69) is 37.0 Å². The van der Waals surface area contributed by atoms with Gasteiger partial charge >= 0.3 is 0 Å². The number of nitrogens with one attached hydrogen (secondary N) is 2. The molecule has 2 saturated heterocycles. The second-order valence-electron chi connectivity index (χ2n) is 9.73. The lowest BCUT2D eigenvalue weighted by Crippen LogP contribution is -2.38. The summed E-state index contributed by atoms with van der Waals surface area (Å²) in [5.74, 6) is 1.06. The number of carbonyl (C=O) groups excluding carboxylic acids is 1. The molecule has 4 aromatic rings. The highest BCUT2D eigenvalue weighted by Gasteiger charge is 2.28. The molecule has 0 radical (unpaired) electrons. The predicted molar refractivity (Wildman–Crippen MR) is 152 cm³/mol. The van der Waals surface area contributed by atoms with Gasteiger partial charge in [0, 0.05) is 56.2 Å². The number of rotatable bonds is 6. The minimum Gasteiger partial charge on any atom is -0.391 e. The highest BCUT2D eigenvalue weighted by Crippen LogP contribution is 2.33. The Kier molecular flexibility index (Phi) is 8.17. The van der Waals surface area contributed by atoms with Gasteiger partial charge in [-0.2, -0.15) is 5.10 Å². The Morgan fingerprint density at radius 2 is 2.05 bits per heavy atom. The standard InChI is InChI=1S/C26H29N9O2S.ClH/c1-34-14-18(11-29-34)16-4-2-5-17(10-16)22-28-13-21(23(31-22)30-19-6-3-8-27-12-19)24-32-33-25(38-24)26(37)35-9-7-20(36)15-35;/h2,4-5,10-11,13-14,19-20,27,36H,3,6-9,12,15H2,1H3,(H,28,30,31);1H. The number of carbonyl (C=O) groups is 1. The fraction of sp³-hybridized carbons (Fsp3) is 0.385. The fourth-order valence-corrected chi connectivity index (χ4v) is 5.67. The number of β-amino-alcohol motifs (C(OH)–C–C–N with tert-alkyl or cyclic N) is 1. The topological polar surface area (TPSA) is 134 Å². The highest BCUT2D eigenvalue weighted by atomic mass is 35.5. The van der Waals surface area contributed by atoms with Crippen LogP contribution in [0.5, 0.6) is 0 Å². The average Bonchev–Trinajstić information content (AvgIpc) is 3.70. The summed E-state index contributed by atoms with van der Waals surface area (Å²) < 4.78 is 1.78. The van der Waals surface area contributed by atoms with Gasteiger partial charge in [-0.25, -0.2) is 9.97 Å². The Hall–Kier alpha value is -3.45. The summed E-state index contributed by atoms with van der Waals surface area (Å²) >= 11 is 1.22. The summed E-state index contributed by atoms with van der Waals surface area (Å²) in [6.07, 6.45) is 7.77. The number of aliphatic hydroxyl groups excluding tert-OH is 1. The van der Waals surface area contributed by atoms with E-state index in [1.165, 1.54) is 11.3 Å². The van der Waals surface area contributed by atoms with Crippen LogP contribution in [0.4, 0.5) is 5.82 Å². The number of anilines is 1. The lowest BCUT2D eigenvalue weighted by Gasteiger charge is -2.25. The Labute approximate surface area is 236 Å². The largest absolute Gasteiger partial charge is 0.391 e. The number of amides is 1. The molecule has 1 amide bonds. The first-order valence-corrected chi connectivity index (χ1v) is 13.6. The highest BCUT2D eigenvalue weighted by molar-refractivity contribution is 7.16. The fourth-order valence-electron chi connectivity index (χ4n) is 4.84. The summed E-state index contributed by atoms with van der Waals surface area (Å²) in [7, 11) is 1.90. The Balaban J connectivity index is 0.00000308. The first kappa shape index (κ1) is 27.1. The maximum atomic E-state index is 12.9. The summed E-state index contributed by atoms with van der Waals surface area (Å²) in [5, 5.41) is 30.5. The maximum absolute atomic E-state index is 12.9. The zero-order chi connectivity index (χ0) is 26.1. The van der Waals surface area contributed by atoms with Crippen LogP contribution in [0, 0.1) is 0 Å². The summed E-state index contributed by atoms with van der Waals surface area (Å²) in [6.45, 7) is 2.69. The molecular weight excluding hydrogens is 538 g/mol. The van der Waals surface area contributed by atoms with E-state index < -0.39 is 6.10 Å². The third kappa shape index (κ3) is 5.93. The van der Waals surface area contributed by atoms with Gasteiger partial charge in [-0.15, -0.1) is 22.6 Å². The van der Waals surface area contributed by atoms with E-state index in [-0.39, 0.29) is 24.4 Å². The predicted octanol–water partition coefficient (Wildman–Crippen LogP) is 2.86. The lowest BCUT2D eigenvalue weighted by atomic mass is 10.1. The van der Waals surface area contributed by atoms with Crippen LogP contribution in [0.15, 0.2) is 42.9 Å². The first-order chi connectivity index (χ1) is 18.5. The molecule has 5 heterocycles. The number of aromatic nitrogens is 6. The summed E-state index contributed by atoms with van der Waals surface area (Å²) in [6, 6.07) is 8.30. The Morgan fingerprint density at radius 1 is 1.18 bits per heavy atom. The van der Waals surface area contributed by atoms with Gasteiger partial charge in [0.1, 0.15) is 5.82 Å². The molecule has 0 bridgehead atoms. The van der Waals surface area contributed by atoms with Gasteiger partial charge in [0.15, 0.2) is 10.8 Å². The molecule has 3 aromatic heterocycles. The molecule has 39 heavy (non-hydrogen) atoms. The van der Waals surface area contributed by atoms with Gasteiger partial charge < -0.3 is 20.6 Å². The van der Waals surface area contributed by atoms with Crippen LogP contribution in [0.1, 0.15) is 29.1 Å². The van der Waals surface area contributed by atoms with Gasteiger partial charge in [0.2, 0.25) is 5.01 Å². The average molecular weight is 568 g/mol. The van der Waals surface area contributed by atoms with Crippen LogP contribution in [0.3, 0.4) is 0 Å². The minimum atomic E-state index is -0.483. The molecule has 2 aliphatic rings. The van der Waals surface area contributed by atoms with Crippen molar-refractivity contribution in [1.82, 2.24) is 40.2 Å². The molecule has 2 fully saturated rings. The Bertz CT molecular complexity index is 1450. The third-order valence-electron chi connectivity index (χ3n) is 6.87. The van der Waals surface area contributed by atoms with Crippen LogP contribution in [-0.2, 0) is 7.05 Å². The van der Waals surface area contributed by atoms with Crippen molar-refractivity contribution < 1.29 is 9.90 Å². The molecule has 0 aliphatic carbocycles. The van der Waals surface area contributed by atoms with Crippen molar-refractivity contribution in [2.45, 2.75) is 31.4 Å². The van der Waals surface area contributed by atoms with E-state index in [1.54, 1.807) is 15.8 Å². The van der Waals surface area contributed by atoms with E-state index in [9.17, 15) is 9.90 Å². The van der Waals surface area contributed by atoms with Crippen molar-refractivity contribution in [1.29, 1.82) is 0 Å². The van der Waals surface area contributed by atoms with Gasteiger partial charge in [0.05, 0.1) is 17.9 Å². The number of halogens is 1. The Morgan fingerprint density at radius 3 is 2.79 bits per heavy atom. The number of aryl methyl sites for hydroxylation is 1. The molecule has 6 rings (SSSR count). The number of likely N-dealkylation sites (tertiary alicyclic amines) is 1. The van der Waals surface area contributed by atoms with Crippen molar-refractivity contribution in [3.8, 4) is 33.1 Å². The van der Waals surface area contributed by atoms with Crippen molar-refractivity contribution in [3.63, 3.8) is 0 Å². The molecule has 3 N–H and O–H groups in total. The first-order valence-electron chi connectivity index (χ1n) is 12.8. The molecule has 204 valence electrons. The van der Waals surface area contributed by atoms with Gasteiger partial charge in [-0.1, -0.05) is 29.5 Å². The number of nitrogens with zero attached hydrogens (tertiary/aromatic N) is 7. The second kappa shape index (κ2) is 11.7. The van der Waals surface area contributed by atoms with Crippen molar-refractivity contribution in [3.05, 3.63) is 47.9 Å². The quantitative estimate of drug-likeness (QED) is 0.321.